The zero-order valence-electron chi connectivity index (χ0n) is 4.47. The fourth-order valence-electron chi connectivity index (χ4n) is 0.167. The van der Waals surface area contributed by atoms with Crippen LogP contribution < -0.4 is 0 Å². The summed E-state index contributed by atoms with van der Waals surface area (Å²) in [6.07, 6.45) is 3.24. The Morgan fingerprint density at radius 3 is 2.00 bits per heavy atom. The van der Waals surface area contributed by atoms with E-state index in [0.29, 0.717) is 0 Å². The molecule has 1 rings (SSSR count). The highest BCUT2D eigenvalue weighted by Gasteiger charge is 1.92. The van der Waals surface area contributed by atoms with Gasteiger partial charge in [0.15, 0.2) is 0 Å². The average molecular weight is 131 g/mol. The fraction of sp³-hybridized carbons (Fsp3) is 0. The van der Waals surface area contributed by atoms with Gasteiger partial charge in [-0.3, -0.25) is 5.10 Å². The quantitative estimate of drug-likeness (QED) is 0.298. The van der Waals surface area contributed by atoms with Crippen LogP contribution >= 0.6 is 0 Å². The summed E-state index contributed by atoms with van der Waals surface area (Å²) in [5, 5.41) is 30.8. The van der Waals surface area contributed by atoms with Gasteiger partial charge in [-0.1, -0.05) is 5.21 Å². The van der Waals surface area contributed by atoms with Crippen molar-refractivity contribution in [2.24, 2.45) is 0 Å². The predicted octanol–water partition coefficient (Wildman–Crippen LogP) is -2.25. The van der Waals surface area contributed by atoms with Crippen molar-refractivity contribution in [3.8, 4) is 0 Å². The summed E-state index contributed by atoms with van der Waals surface area (Å²) in [7, 11) is -2.17. The Kier molecular flexibility index (Phi) is 4.69. The summed E-state index contributed by atoms with van der Waals surface area (Å²) in [5.41, 5.74) is 0. The number of nitrogens with zero attached hydrogens (tertiary/aromatic N) is 2. The Morgan fingerprint density at radius 2 is 1.89 bits per heavy atom. The average Bonchev–Trinajstić information content (AvgIpc) is 2.11. The van der Waals surface area contributed by atoms with Crippen molar-refractivity contribution in [3.63, 3.8) is 0 Å². The molecule has 0 fully saturated rings. The van der Waals surface area contributed by atoms with E-state index in [-0.39, 0.29) is 0 Å². The van der Waals surface area contributed by atoms with Gasteiger partial charge in [0.05, 0.1) is 6.20 Å². The van der Waals surface area contributed by atoms with Gasteiger partial charge in [-0.15, -0.1) is 5.10 Å². The fourth-order valence-corrected chi connectivity index (χ4v) is 0.167. The highest BCUT2D eigenvalue weighted by Crippen LogP contribution is 1.55. The molecule has 0 aliphatic heterocycles. The van der Waals surface area contributed by atoms with Crippen LogP contribution in [0, 0.1) is 0 Å². The molecule has 0 amide bonds. The Hall–Kier alpha value is -0.915. The molecule has 4 N–H and O–H groups in total. The van der Waals surface area contributed by atoms with Crippen molar-refractivity contribution in [1.29, 1.82) is 0 Å². The normalized spacial score (nSPS) is 7.44. The second-order valence-corrected chi connectivity index (χ2v) is 1.01. The van der Waals surface area contributed by atoms with E-state index in [9.17, 15) is 0 Å². The first-order valence-electron chi connectivity index (χ1n) is 2.08. The Morgan fingerprint density at radius 1 is 1.33 bits per heavy atom. The van der Waals surface area contributed by atoms with Gasteiger partial charge in [0.2, 0.25) is 0 Å². The van der Waals surface area contributed by atoms with Crippen LogP contribution in [-0.4, -0.2) is 37.8 Å². The molecule has 0 saturated carbocycles. The monoisotopic (exact) mass is 131 g/mol. The van der Waals surface area contributed by atoms with Crippen molar-refractivity contribution in [2.75, 3.05) is 0 Å². The van der Waals surface area contributed by atoms with Gasteiger partial charge in [0, 0.05) is 6.20 Å². The van der Waals surface area contributed by atoms with Gasteiger partial charge in [0.25, 0.3) is 0 Å². The standard InChI is InChI=1S/C2H3N3.BH3O3/c1-2-4-5-3-1;2-1(3)4/h1-2H,(H,3,4,5);2-4H. The molecular formula is C2H6BN3O3. The molecule has 0 aromatic carbocycles. The maximum Gasteiger partial charge on any atom is 0.631 e. The van der Waals surface area contributed by atoms with Crippen molar-refractivity contribution in [2.45, 2.75) is 0 Å². The van der Waals surface area contributed by atoms with Crippen molar-refractivity contribution < 1.29 is 15.1 Å². The largest absolute Gasteiger partial charge is 0.631 e. The molecule has 0 saturated heterocycles. The molecule has 1 aromatic rings. The van der Waals surface area contributed by atoms with Gasteiger partial charge in [0.1, 0.15) is 0 Å². The first-order valence-corrected chi connectivity index (χ1v) is 2.08. The van der Waals surface area contributed by atoms with Crippen LogP contribution in [0.15, 0.2) is 12.4 Å². The third kappa shape index (κ3) is 11.0. The molecule has 0 spiro atoms. The van der Waals surface area contributed by atoms with Crippen LogP contribution in [0.5, 0.6) is 0 Å². The molecule has 0 atom stereocenters. The molecule has 0 radical (unpaired) electrons. The smallest absolute Gasteiger partial charge is 0.402 e. The van der Waals surface area contributed by atoms with Gasteiger partial charge < -0.3 is 15.1 Å². The molecule has 1 aromatic heterocycles. The van der Waals surface area contributed by atoms with Gasteiger partial charge in [-0.05, 0) is 0 Å². The second kappa shape index (κ2) is 5.23. The van der Waals surface area contributed by atoms with Gasteiger partial charge in [-0.25, -0.2) is 0 Å². The third-order valence-corrected chi connectivity index (χ3v) is 0.331. The number of nitrogens with one attached hydrogen (secondary N) is 1. The number of hydrogen-bond donors (Lipinski definition) is 4. The van der Waals surface area contributed by atoms with E-state index >= 15 is 0 Å². The summed E-state index contributed by atoms with van der Waals surface area (Å²) in [5.74, 6) is 0. The number of aromatic amines is 1. The molecule has 0 aliphatic rings. The first kappa shape index (κ1) is 8.08. The third-order valence-electron chi connectivity index (χ3n) is 0.331. The lowest BCUT2D eigenvalue weighted by molar-refractivity contribution is 0.278. The summed E-state index contributed by atoms with van der Waals surface area (Å²) < 4.78 is 0. The van der Waals surface area contributed by atoms with Crippen LogP contribution in [0.4, 0.5) is 0 Å². The van der Waals surface area contributed by atoms with Crippen LogP contribution in [-0.2, 0) is 0 Å². The molecule has 0 bridgehead atoms. The van der Waals surface area contributed by atoms with E-state index in [1.165, 1.54) is 0 Å². The zero-order valence-corrected chi connectivity index (χ0v) is 4.47. The molecule has 6 nitrogen and oxygen atoms in total. The Bertz CT molecular complexity index is 101. The van der Waals surface area contributed by atoms with Crippen molar-refractivity contribution in [3.05, 3.63) is 12.4 Å². The molecule has 0 unspecified atom stereocenters. The van der Waals surface area contributed by atoms with Crippen molar-refractivity contribution in [1.82, 2.24) is 15.4 Å². The van der Waals surface area contributed by atoms with Crippen LogP contribution in [0.25, 0.3) is 0 Å². The summed E-state index contributed by atoms with van der Waals surface area (Å²) in [6.45, 7) is 0. The number of H-pyrrole nitrogens is 1. The van der Waals surface area contributed by atoms with Gasteiger partial charge in [-0.2, -0.15) is 0 Å². The molecule has 7 heteroatoms. The number of aromatic nitrogens is 3. The Labute approximate surface area is 51.3 Å². The minimum absolute atomic E-state index is 1.58. The van der Waals surface area contributed by atoms with E-state index in [4.69, 9.17) is 15.1 Å². The SMILES string of the molecule is OB(O)O.c1c[nH]nn1. The number of rotatable bonds is 0. The molecule has 50 valence electrons. The van der Waals surface area contributed by atoms with E-state index in [1.54, 1.807) is 12.4 Å². The summed E-state index contributed by atoms with van der Waals surface area (Å²) in [4.78, 5) is 0. The minimum atomic E-state index is -2.17. The maximum absolute atomic E-state index is 7.17. The second-order valence-electron chi connectivity index (χ2n) is 1.01. The molecule has 0 aliphatic carbocycles. The highest BCUT2D eigenvalue weighted by molar-refractivity contribution is 6.30. The van der Waals surface area contributed by atoms with Crippen molar-refractivity contribution >= 4 is 7.32 Å². The van der Waals surface area contributed by atoms with E-state index < -0.39 is 7.32 Å². The van der Waals surface area contributed by atoms with E-state index in [1.807, 2.05) is 0 Å². The molecule has 1 heterocycles. The maximum atomic E-state index is 7.17. The lowest BCUT2D eigenvalue weighted by atomic mass is 10.3. The Balaban J connectivity index is 0.000000148. The zero-order chi connectivity index (χ0) is 7.11. The van der Waals surface area contributed by atoms with E-state index in [0.717, 1.165) is 0 Å². The predicted molar refractivity (Wildman–Crippen MR) is 28.8 cm³/mol. The summed E-state index contributed by atoms with van der Waals surface area (Å²) >= 11 is 0. The first-order chi connectivity index (χ1) is 4.23. The lowest BCUT2D eigenvalue weighted by Gasteiger charge is -1.69. The van der Waals surface area contributed by atoms with Crippen LogP contribution in [0.1, 0.15) is 0 Å². The highest BCUT2D eigenvalue weighted by atomic mass is 16.5. The van der Waals surface area contributed by atoms with Crippen LogP contribution in [0.3, 0.4) is 0 Å². The molecular weight excluding hydrogens is 125 g/mol. The topological polar surface area (TPSA) is 102 Å². The van der Waals surface area contributed by atoms with Crippen LogP contribution in [0.2, 0.25) is 0 Å². The summed E-state index contributed by atoms with van der Waals surface area (Å²) in [6, 6.07) is 0. The number of hydrogen-bond acceptors (Lipinski definition) is 5. The van der Waals surface area contributed by atoms with Gasteiger partial charge >= 0.3 is 7.32 Å². The lowest BCUT2D eigenvalue weighted by Crippen LogP contribution is -2.07. The van der Waals surface area contributed by atoms with E-state index in [2.05, 4.69) is 15.4 Å². The molecule has 9 heavy (non-hydrogen) atoms. The minimum Gasteiger partial charge on any atom is -0.402 e.